The first-order valence-electron chi connectivity index (χ1n) is 13.3. The minimum atomic E-state index is -1.49. The van der Waals surface area contributed by atoms with Gasteiger partial charge in [0.1, 0.15) is 35.3 Å². The van der Waals surface area contributed by atoms with Crippen molar-refractivity contribution in [1.29, 1.82) is 0 Å². The van der Waals surface area contributed by atoms with Gasteiger partial charge < -0.3 is 35.7 Å². The molecular weight excluding hydrogens is 615 g/mol. The molecule has 0 heterocycles. The van der Waals surface area contributed by atoms with Gasteiger partial charge in [0.2, 0.25) is 0 Å². The molecule has 11 nitrogen and oxygen atoms in total. The van der Waals surface area contributed by atoms with E-state index in [1.165, 1.54) is 24.3 Å². The topological polar surface area (TPSA) is 166 Å². The van der Waals surface area contributed by atoms with Crippen LogP contribution in [-0.2, 0) is 23.9 Å². The second kappa shape index (κ2) is 13.3. The SMILES string of the molecule is NC(CC(=O)O[C@H]1CC2(NC(=O)COc3ccc(Cl)c(F)c3)CCC1(NC(=O)COc1ccc(Cl)c(F)c1)CC2)C(=O)O. The molecule has 0 aromatic heterocycles. The molecule has 2 amide bonds. The molecule has 232 valence electrons. The Labute approximate surface area is 254 Å². The zero-order valence-electron chi connectivity index (χ0n) is 22.7. The van der Waals surface area contributed by atoms with Crippen LogP contribution in [0.25, 0.3) is 0 Å². The van der Waals surface area contributed by atoms with Crippen LogP contribution in [0, 0.1) is 11.6 Å². The van der Waals surface area contributed by atoms with Crippen LogP contribution in [0.5, 0.6) is 11.5 Å². The maximum Gasteiger partial charge on any atom is 0.321 e. The summed E-state index contributed by atoms with van der Waals surface area (Å²) < 4.78 is 43.9. The standard InChI is InChI=1S/C28H29Cl2F2N3O8/c29-17-3-1-15(9-19(17)31)41-13-23(36)34-27-5-7-28(8-6-27,22(12-27)43-25(38)11-21(33)26(39)40)35-24(37)14-42-16-2-4-18(30)20(32)10-16/h1-4,9-10,21-22H,5-8,11-14,33H2,(H,34,36)(H,35,37)(H,39,40)/t21?,22-,27?,28?/m0/s1. The van der Waals surface area contributed by atoms with Crippen molar-refractivity contribution in [2.75, 3.05) is 13.2 Å². The van der Waals surface area contributed by atoms with Crippen molar-refractivity contribution < 1.29 is 47.3 Å². The highest BCUT2D eigenvalue weighted by Crippen LogP contribution is 2.48. The van der Waals surface area contributed by atoms with Gasteiger partial charge >= 0.3 is 11.9 Å². The Morgan fingerprint density at radius 2 is 1.42 bits per heavy atom. The van der Waals surface area contributed by atoms with Crippen molar-refractivity contribution in [3.8, 4) is 11.5 Å². The van der Waals surface area contributed by atoms with E-state index in [0.29, 0.717) is 25.7 Å². The Morgan fingerprint density at radius 3 is 1.91 bits per heavy atom. The molecule has 3 aliphatic rings. The number of hydrogen-bond donors (Lipinski definition) is 4. The van der Waals surface area contributed by atoms with Crippen LogP contribution in [0.1, 0.15) is 38.5 Å². The number of amides is 2. The summed E-state index contributed by atoms with van der Waals surface area (Å²) in [5.74, 6) is -4.57. The van der Waals surface area contributed by atoms with Crippen molar-refractivity contribution in [2.24, 2.45) is 5.73 Å². The van der Waals surface area contributed by atoms with Crippen LogP contribution in [0.4, 0.5) is 8.78 Å². The number of rotatable bonds is 12. The van der Waals surface area contributed by atoms with Gasteiger partial charge in [0.25, 0.3) is 11.8 Å². The van der Waals surface area contributed by atoms with Crippen molar-refractivity contribution in [3.63, 3.8) is 0 Å². The first kappa shape index (κ1) is 32.2. The molecule has 3 fully saturated rings. The molecule has 5 N–H and O–H groups in total. The second-order valence-electron chi connectivity index (χ2n) is 10.6. The van der Waals surface area contributed by atoms with Crippen molar-refractivity contribution in [3.05, 3.63) is 58.1 Å². The van der Waals surface area contributed by atoms with E-state index in [1.54, 1.807) is 0 Å². The summed E-state index contributed by atoms with van der Waals surface area (Å²) in [7, 11) is 0. The number of carboxylic acid groups (broad SMARTS) is 1. The number of ether oxygens (including phenoxy) is 3. The number of hydrogen-bond acceptors (Lipinski definition) is 8. The predicted octanol–water partition coefficient (Wildman–Crippen LogP) is 3.13. The Balaban J connectivity index is 1.43. The lowest BCUT2D eigenvalue weighted by molar-refractivity contribution is -0.168. The van der Waals surface area contributed by atoms with Gasteiger partial charge in [-0.3, -0.25) is 19.2 Å². The molecule has 1 unspecified atom stereocenters. The van der Waals surface area contributed by atoms with Gasteiger partial charge in [-0.1, -0.05) is 23.2 Å². The molecule has 0 aliphatic heterocycles. The van der Waals surface area contributed by atoms with Crippen molar-refractivity contribution >= 4 is 47.0 Å². The number of carbonyl (C=O) groups is 4. The summed E-state index contributed by atoms with van der Waals surface area (Å²) >= 11 is 11.3. The zero-order valence-corrected chi connectivity index (χ0v) is 24.2. The smallest absolute Gasteiger partial charge is 0.321 e. The molecule has 3 saturated carbocycles. The van der Waals surface area contributed by atoms with Gasteiger partial charge in [-0.25, -0.2) is 8.78 Å². The average molecular weight is 644 g/mol. The molecule has 15 heteroatoms. The fourth-order valence-corrected chi connectivity index (χ4v) is 5.57. The lowest BCUT2D eigenvalue weighted by Crippen LogP contribution is -2.71. The first-order valence-corrected chi connectivity index (χ1v) is 14.0. The third kappa shape index (κ3) is 8.03. The van der Waals surface area contributed by atoms with E-state index < -0.39 is 78.2 Å². The van der Waals surface area contributed by atoms with Crippen LogP contribution in [0.3, 0.4) is 0 Å². The van der Waals surface area contributed by atoms with Crippen LogP contribution in [0.15, 0.2) is 36.4 Å². The molecule has 0 saturated heterocycles. The minimum Gasteiger partial charge on any atom is -0.484 e. The van der Waals surface area contributed by atoms with Gasteiger partial charge in [0.05, 0.1) is 22.0 Å². The molecule has 2 bridgehead atoms. The number of nitrogens with one attached hydrogen (secondary N) is 2. The molecule has 2 aromatic carbocycles. The van der Waals surface area contributed by atoms with Gasteiger partial charge in [-0.15, -0.1) is 0 Å². The van der Waals surface area contributed by atoms with E-state index >= 15 is 0 Å². The molecule has 5 rings (SSSR count). The number of carbonyl (C=O) groups excluding carboxylic acids is 3. The Kier molecular flexibility index (Phi) is 9.98. The number of nitrogens with two attached hydrogens (primary N) is 1. The van der Waals surface area contributed by atoms with E-state index in [1.807, 2.05) is 0 Å². The Morgan fingerprint density at radius 1 is 0.907 bits per heavy atom. The van der Waals surface area contributed by atoms with Crippen molar-refractivity contribution in [2.45, 2.75) is 61.7 Å². The Bertz CT molecular complexity index is 1400. The summed E-state index contributed by atoms with van der Waals surface area (Å²) in [4.78, 5) is 49.5. The molecule has 2 aromatic rings. The van der Waals surface area contributed by atoms with Crippen LogP contribution < -0.4 is 25.8 Å². The highest BCUT2D eigenvalue weighted by Gasteiger charge is 2.57. The number of esters is 1. The largest absolute Gasteiger partial charge is 0.484 e. The van der Waals surface area contributed by atoms with Gasteiger partial charge in [0.15, 0.2) is 13.2 Å². The predicted molar refractivity (Wildman–Crippen MR) is 149 cm³/mol. The van der Waals surface area contributed by atoms with Crippen LogP contribution >= 0.6 is 23.2 Å². The Hall–Kier alpha value is -3.68. The molecule has 0 spiro atoms. The van der Waals surface area contributed by atoms with E-state index in [-0.39, 0.29) is 28.0 Å². The van der Waals surface area contributed by atoms with Crippen LogP contribution in [-0.4, -0.2) is 65.3 Å². The zero-order chi connectivity index (χ0) is 31.4. The minimum absolute atomic E-state index is 0.0813. The fraction of sp³-hybridized carbons (Fsp3) is 0.429. The van der Waals surface area contributed by atoms with Crippen LogP contribution in [0.2, 0.25) is 10.0 Å². The highest BCUT2D eigenvalue weighted by atomic mass is 35.5. The summed E-state index contributed by atoms with van der Waals surface area (Å²) in [5.41, 5.74) is 3.63. The number of aliphatic carboxylic acids is 1. The third-order valence-corrected chi connectivity index (χ3v) is 8.20. The fourth-order valence-electron chi connectivity index (χ4n) is 5.34. The third-order valence-electron chi connectivity index (χ3n) is 7.58. The number of halogens is 4. The summed E-state index contributed by atoms with van der Waals surface area (Å²) in [6, 6.07) is 6.00. The maximum atomic E-state index is 13.7. The molecule has 43 heavy (non-hydrogen) atoms. The van der Waals surface area contributed by atoms with E-state index in [9.17, 15) is 28.0 Å². The maximum absolute atomic E-state index is 13.7. The quantitative estimate of drug-likeness (QED) is 0.254. The van der Waals surface area contributed by atoms with Crippen molar-refractivity contribution in [1.82, 2.24) is 10.6 Å². The van der Waals surface area contributed by atoms with E-state index in [2.05, 4.69) is 10.6 Å². The van der Waals surface area contributed by atoms with Gasteiger partial charge in [0, 0.05) is 24.1 Å². The lowest BCUT2D eigenvalue weighted by atomic mass is 9.59. The molecule has 2 atom stereocenters. The van der Waals surface area contributed by atoms with Gasteiger partial charge in [-0.2, -0.15) is 0 Å². The van der Waals surface area contributed by atoms with E-state index in [4.69, 9.17) is 48.3 Å². The van der Waals surface area contributed by atoms with E-state index in [0.717, 1.165) is 12.1 Å². The molecular formula is C28H29Cl2F2N3O8. The monoisotopic (exact) mass is 643 g/mol. The number of carboxylic acids is 1. The number of fused-ring (bicyclic) bond motifs is 3. The summed E-state index contributed by atoms with van der Waals surface area (Å²) in [5, 5.41) is 14.7. The second-order valence-corrected chi connectivity index (χ2v) is 11.4. The summed E-state index contributed by atoms with van der Waals surface area (Å²) in [6.45, 7) is -0.900. The summed E-state index contributed by atoms with van der Waals surface area (Å²) in [6.07, 6.45) is -0.0625. The first-order chi connectivity index (χ1) is 20.3. The normalized spacial score (nSPS) is 23.1. The molecule has 0 radical (unpaired) electrons. The highest BCUT2D eigenvalue weighted by molar-refractivity contribution is 6.31. The number of benzene rings is 2. The van der Waals surface area contributed by atoms with Gasteiger partial charge in [-0.05, 0) is 49.9 Å². The lowest BCUT2D eigenvalue weighted by Gasteiger charge is -2.57. The average Bonchev–Trinajstić information content (AvgIpc) is 2.95. The molecule has 3 aliphatic carbocycles.